The highest BCUT2D eigenvalue weighted by Crippen LogP contribution is 2.25. The van der Waals surface area contributed by atoms with Crippen LogP contribution in [-0.4, -0.2) is 32.5 Å². The lowest BCUT2D eigenvalue weighted by atomic mass is 10.1. The molecule has 0 spiro atoms. The summed E-state index contributed by atoms with van der Waals surface area (Å²) in [6, 6.07) is 6.35. The lowest BCUT2D eigenvalue weighted by Crippen LogP contribution is -2.28. The van der Waals surface area contributed by atoms with Crippen molar-refractivity contribution in [2.45, 2.75) is 18.7 Å². The van der Waals surface area contributed by atoms with Gasteiger partial charge in [0.25, 0.3) is 5.91 Å². The number of hydrogen-bond acceptors (Lipinski definition) is 5. The molecule has 1 heterocycles. The third kappa shape index (κ3) is 4.53. The van der Waals surface area contributed by atoms with Crippen LogP contribution in [0.3, 0.4) is 0 Å². The third-order valence-corrected chi connectivity index (χ3v) is 4.42. The first-order valence-corrected chi connectivity index (χ1v) is 8.79. The number of ether oxygens (including phenoxy) is 1. The Bertz CT molecular complexity index is 836. The van der Waals surface area contributed by atoms with Crippen LogP contribution in [0.15, 0.2) is 41.6 Å². The van der Waals surface area contributed by atoms with Gasteiger partial charge in [-0.05, 0) is 49.2 Å². The molecule has 0 unspecified atom stereocenters. The molecule has 24 heavy (non-hydrogen) atoms. The van der Waals surface area contributed by atoms with E-state index in [0.29, 0.717) is 29.0 Å². The maximum absolute atomic E-state index is 11.9. The number of carbonyl (C=O) groups excluding carboxylic acids is 1. The van der Waals surface area contributed by atoms with E-state index >= 15 is 0 Å². The number of aryl methyl sites for hydroxylation is 2. The maximum Gasteiger partial charge on any atom is 0.251 e. The summed E-state index contributed by atoms with van der Waals surface area (Å²) in [5.41, 5.74) is 1.69. The highest BCUT2D eigenvalue weighted by Gasteiger charge is 2.14. The summed E-state index contributed by atoms with van der Waals surface area (Å²) in [6.07, 6.45) is 3.09. The minimum Gasteiger partial charge on any atom is -0.491 e. The first-order chi connectivity index (χ1) is 11.3. The second kappa shape index (κ2) is 7.41. The van der Waals surface area contributed by atoms with Crippen molar-refractivity contribution in [1.82, 2.24) is 10.3 Å². The number of carbonyl (C=O) groups is 1. The average molecular weight is 349 g/mol. The Labute approximate surface area is 140 Å². The molecule has 1 aromatic heterocycles. The molecule has 0 bridgehead atoms. The fraction of sp³-hybridized carbons (Fsp3) is 0.250. The van der Waals surface area contributed by atoms with Crippen molar-refractivity contribution >= 4 is 15.9 Å². The Hall–Kier alpha value is -2.45. The van der Waals surface area contributed by atoms with E-state index in [1.807, 2.05) is 0 Å². The zero-order chi connectivity index (χ0) is 17.7. The Balaban J connectivity index is 1.93. The average Bonchev–Trinajstić information content (AvgIpc) is 2.53. The van der Waals surface area contributed by atoms with Gasteiger partial charge in [-0.1, -0.05) is 0 Å². The number of rotatable bonds is 6. The summed E-state index contributed by atoms with van der Waals surface area (Å²) in [4.78, 5) is 15.8. The Morgan fingerprint density at radius 2 is 1.88 bits per heavy atom. The van der Waals surface area contributed by atoms with Gasteiger partial charge >= 0.3 is 0 Å². The van der Waals surface area contributed by atoms with Crippen LogP contribution in [0.4, 0.5) is 0 Å². The molecule has 0 saturated heterocycles. The van der Waals surface area contributed by atoms with Crippen LogP contribution >= 0.6 is 0 Å². The maximum atomic E-state index is 11.9. The number of pyridine rings is 1. The molecule has 2 aromatic rings. The van der Waals surface area contributed by atoms with Gasteiger partial charge in [-0.15, -0.1) is 0 Å². The lowest BCUT2D eigenvalue weighted by Gasteiger charge is -2.13. The summed E-state index contributed by atoms with van der Waals surface area (Å²) >= 11 is 0. The fourth-order valence-corrected chi connectivity index (χ4v) is 3.00. The van der Waals surface area contributed by atoms with Crippen molar-refractivity contribution in [2.75, 3.05) is 13.2 Å². The molecule has 1 aromatic carbocycles. The Morgan fingerprint density at radius 1 is 1.21 bits per heavy atom. The second-order valence-corrected chi connectivity index (χ2v) is 6.80. The highest BCUT2D eigenvalue weighted by atomic mass is 32.2. The second-order valence-electron chi connectivity index (χ2n) is 5.27. The number of amides is 1. The van der Waals surface area contributed by atoms with Crippen LogP contribution in [0.25, 0.3) is 0 Å². The molecule has 3 N–H and O–H groups in total. The largest absolute Gasteiger partial charge is 0.491 e. The molecule has 0 fully saturated rings. The number of aromatic nitrogens is 1. The van der Waals surface area contributed by atoms with E-state index in [4.69, 9.17) is 9.88 Å². The van der Waals surface area contributed by atoms with E-state index < -0.39 is 10.0 Å². The summed E-state index contributed by atoms with van der Waals surface area (Å²) < 4.78 is 28.6. The van der Waals surface area contributed by atoms with Gasteiger partial charge in [-0.2, -0.15) is 0 Å². The minimum atomic E-state index is -3.76. The number of hydrogen-bond donors (Lipinski definition) is 2. The highest BCUT2D eigenvalue weighted by molar-refractivity contribution is 7.89. The van der Waals surface area contributed by atoms with E-state index in [1.54, 1.807) is 44.4 Å². The molecule has 7 nitrogen and oxygen atoms in total. The number of primary sulfonamides is 1. The molecular formula is C16H19N3O4S. The zero-order valence-corrected chi connectivity index (χ0v) is 14.3. The summed E-state index contributed by atoms with van der Waals surface area (Å²) in [5, 5.41) is 7.90. The third-order valence-electron chi connectivity index (χ3n) is 3.37. The van der Waals surface area contributed by atoms with Crippen LogP contribution < -0.4 is 15.2 Å². The van der Waals surface area contributed by atoms with Gasteiger partial charge in [-0.3, -0.25) is 9.78 Å². The number of nitrogens with zero attached hydrogens (tertiary/aromatic N) is 1. The molecule has 0 aliphatic heterocycles. The minimum absolute atomic E-state index is 0.0818. The van der Waals surface area contributed by atoms with E-state index in [2.05, 4.69) is 10.3 Å². The van der Waals surface area contributed by atoms with Gasteiger partial charge in [0, 0.05) is 18.0 Å². The van der Waals surface area contributed by atoms with Crippen LogP contribution in [0, 0.1) is 13.8 Å². The van der Waals surface area contributed by atoms with Crippen molar-refractivity contribution in [3.8, 4) is 5.75 Å². The van der Waals surface area contributed by atoms with Crippen LogP contribution in [-0.2, 0) is 10.0 Å². The van der Waals surface area contributed by atoms with Crippen LogP contribution in [0.5, 0.6) is 5.75 Å². The van der Waals surface area contributed by atoms with E-state index in [9.17, 15) is 13.2 Å². The van der Waals surface area contributed by atoms with Crippen molar-refractivity contribution in [2.24, 2.45) is 5.14 Å². The zero-order valence-electron chi connectivity index (χ0n) is 13.4. The molecule has 0 saturated carbocycles. The Kier molecular flexibility index (Phi) is 5.53. The standard InChI is InChI=1S/C16H19N3O4S/c1-11-10-15(24(17,21)22)12(2)9-14(11)23-8-7-19-16(20)13-3-5-18-6-4-13/h3-6,9-10H,7-8H2,1-2H3,(H,19,20)(H2,17,21,22). The molecular weight excluding hydrogens is 330 g/mol. The topological polar surface area (TPSA) is 111 Å². The first kappa shape index (κ1) is 17.9. The van der Waals surface area contributed by atoms with Gasteiger partial charge in [0.2, 0.25) is 10.0 Å². The lowest BCUT2D eigenvalue weighted by molar-refractivity contribution is 0.0947. The molecule has 0 aliphatic carbocycles. The predicted octanol–water partition coefficient (Wildman–Crippen LogP) is 1.15. The number of nitrogens with one attached hydrogen (secondary N) is 1. The van der Waals surface area contributed by atoms with Crippen molar-refractivity contribution < 1.29 is 17.9 Å². The quantitative estimate of drug-likeness (QED) is 0.760. The smallest absolute Gasteiger partial charge is 0.251 e. The normalized spacial score (nSPS) is 11.1. The SMILES string of the molecule is Cc1cc(S(N)(=O)=O)c(C)cc1OCCNC(=O)c1ccncc1. The molecule has 0 atom stereocenters. The van der Waals surface area contributed by atoms with Crippen molar-refractivity contribution in [3.05, 3.63) is 53.3 Å². The van der Waals surface area contributed by atoms with Gasteiger partial charge in [-0.25, -0.2) is 13.6 Å². The van der Waals surface area contributed by atoms with Crippen molar-refractivity contribution in [1.29, 1.82) is 0 Å². The van der Waals surface area contributed by atoms with Gasteiger partial charge in [0.05, 0.1) is 11.4 Å². The molecule has 128 valence electrons. The molecule has 1 amide bonds. The van der Waals surface area contributed by atoms with Gasteiger partial charge in [0.15, 0.2) is 0 Å². The summed E-state index contributed by atoms with van der Waals surface area (Å²) in [7, 11) is -3.76. The van der Waals surface area contributed by atoms with E-state index in [0.717, 1.165) is 0 Å². The monoisotopic (exact) mass is 349 g/mol. The predicted molar refractivity (Wildman–Crippen MR) is 89.4 cm³/mol. The molecule has 0 aliphatic rings. The van der Waals surface area contributed by atoms with Crippen molar-refractivity contribution in [3.63, 3.8) is 0 Å². The van der Waals surface area contributed by atoms with E-state index in [1.165, 1.54) is 6.07 Å². The van der Waals surface area contributed by atoms with Crippen LogP contribution in [0.1, 0.15) is 21.5 Å². The molecule has 0 radical (unpaired) electrons. The molecule has 2 rings (SSSR count). The van der Waals surface area contributed by atoms with Gasteiger partial charge < -0.3 is 10.1 Å². The number of nitrogens with two attached hydrogens (primary N) is 1. The number of sulfonamides is 1. The van der Waals surface area contributed by atoms with Gasteiger partial charge in [0.1, 0.15) is 12.4 Å². The summed E-state index contributed by atoms with van der Waals surface area (Å²) in [6.45, 7) is 3.96. The molecule has 8 heteroatoms. The first-order valence-electron chi connectivity index (χ1n) is 7.24. The summed E-state index contributed by atoms with van der Waals surface area (Å²) in [5.74, 6) is 0.344. The van der Waals surface area contributed by atoms with Crippen LogP contribution in [0.2, 0.25) is 0 Å². The fourth-order valence-electron chi connectivity index (χ4n) is 2.16. The van der Waals surface area contributed by atoms with E-state index in [-0.39, 0.29) is 17.4 Å². The number of benzene rings is 1. The Morgan fingerprint density at radius 3 is 2.50 bits per heavy atom.